The number of imide groups is 2. The van der Waals surface area contributed by atoms with Crippen LogP contribution in [0.15, 0.2) is 47.1 Å². The van der Waals surface area contributed by atoms with Gasteiger partial charge in [0.15, 0.2) is 0 Å². The fourth-order valence-corrected chi connectivity index (χ4v) is 9.24. The standard InChI is InChI=1S/C41H48BrN9O8S/c42-28-24-45-41(49-36(28)47-29-11-7-9-25-23-44-38(55)34(25)29)46-26-16-19-50(20-17-26)60(58)22-18-43-32(52)13-5-3-1-2-4-6-21-59-31-12-8-10-27-35(31)40(57)51(39(27)56)30-14-15-33(53)48-37(30)54/h7-12,24,26,30H,1-6,13-23H2,(H,43,52)(H,44,55)(H,48,53,54)(H2,45,46,47,49). The van der Waals surface area contributed by atoms with E-state index >= 15 is 0 Å². The van der Waals surface area contributed by atoms with Crippen LogP contribution in [0.25, 0.3) is 0 Å². The quantitative estimate of drug-likeness (QED) is 0.0849. The molecule has 4 aliphatic rings. The first-order chi connectivity index (χ1) is 29.1. The lowest BCUT2D eigenvalue weighted by molar-refractivity contribution is -0.136. The van der Waals surface area contributed by atoms with Crippen molar-refractivity contribution in [2.75, 3.05) is 42.6 Å². The van der Waals surface area contributed by atoms with Gasteiger partial charge >= 0.3 is 0 Å². The van der Waals surface area contributed by atoms with Crippen molar-refractivity contribution in [1.82, 2.24) is 35.1 Å². The summed E-state index contributed by atoms with van der Waals surface area (Å²) < 4.78 is 21.5. The lowest BCUT2D eigenvalue weighted by atomic mass is 10.0. The van der Waals surface area contributed by atoms with Crippen molar-refractivity contribution in [2.45, 2.75) is 89.3 Å². The molecule has 0 aliphatic carbocycles. The van der Waals surface area contributed by atoms with Gasteiger partial charge in [0, 0.05) is 51.3 Å². The number of hydrogen-bond donors (Lipinski definition) is 5. The smallest absolute Gasteiger partial charge is 0.266 e. The Morgan fingerprint density at radius 3 is 2.50 bits per heavy atom. The molecule has 7 rings (SSSR count). The highest BCUT2D eigenvalue weighted by Gasteiger charge is 2.46. The third kappa shape index (κ3) is 10.2. The number of carbonyl (C=O) groups excluding carboxylic acids is 6. The van der Waals surface area contributed by atoms with Crippen molar-refractivity contribution in [1.29, 1.82) is 0 Å². The Morgan fingerprint density at radius 1 is 0.933 bits per heavy atom. The molecule has 2 saturated heterocycles. The number of rotatable bonds is 19. The molecule has 0 bridgehead atoms. The minimum absolute atomic E-state index is 0.0498. The van der Waals surface area contributed by atoms with E-state index in [0.29, 0.717) is 78.2 Å². The largest absolute Gasteiger partial charge is 0.493 e. The number of piperidine rings is 2. The summed E-state index contributed by atoms with van der Waals surface area (Å²) in [5, 5.41) is 14.6. The van der Waals surface area contributed by atoms with Crippen LogP contribution in [0.2, 0.25) is 0 Å². The molecule has 60 heavy (non-hydrogen) atoms. The van der Waals surface area contributed by atoms with Gasteiger partial charge < -0.3 is 26.0 Å². The molecule has 1 aromatic heterocycles. The van der Waals surface area contributed by atoms with E-state index in [2.05, 4.69) is 52.5 Å². The molecule has 2 fully saturated rings. The van der Waals surface area contributed by atoms with Gasteiger partial charge in [-0.1, -0.05) is 43.9 Å². The maximum atomic E-state index is 13.2. The summed E-state index contributed by atoms with van der Waals surface area (Å²) in [5.74, 6) is -0.751. The third-order valence-electron chi connectivity index (χ3n) is 11.0. The Kier molecular flexibility index (Phi) is 14.2. The average Bonchev–Trinajstić information content (AvgIpc) is 3.74. The van der Waals surface area contributed by atoms with Gasteiger partial charge in [0.1, 0.15) is 17.6 Å². The Bertz CT molecular complexity index is 2180. The number of amides is 6. The minimum atomic E-state index is -1.21. The first-order valence-electron chi connectivity index (χ1n) is 20.4. The van der Waals surface area contributed by atoms with Crippen LogP contribution in [0.1, 0.15) is 107 Å². The SMILES string of the molecule is O=C(CCCCCCCCOc1cccc2c1C(=O)N(C1CCC(=O)NC1=O)C2=O)NCCS(=O)N1CCC(Nc2ncc(Br)c(Nc3cccc4c3C(=O)NC4)n2)CC1. The number of anilines is 3. The second kappa shape index (κ2) is 19.9. The van der Waals surface area contributed by atoms with E-state index in [9.17, 15) is 33.0 Å². The molecule has 4 aliphatic heterocycles. The Hall–Kier alpha value is -5.27. The van der Waals surface area contributed by atoms with Crippen LogP contribution in [-0.2, 0) is 31.9 Å². The molecule has 2 atom stereocenters. The summed E-state index contributed by atoms with van der Waals surface area (Å²) in [6, 6.07) is 9.56. The maximum Gasteiger partial charge on any atom is 0.266 e. The number of fused-ring (bicyclic) bond motifs is 2. The number of unbranched alkanes of at least 4 members (excludes halogenated alkanes) is 5. The molecule has 3 aromatic rings. The number of hydrogen-bond acceptors (Lipinski definition) is 12. The van der Waals surface area contributed by atoms with Crippen molar-refractivity contribution in [3.63, 3.8) is 0 Å². The van der Waals surface area contributed by atoms with E-state index in [0.717, 1.165) is 61.8 Å². The van der Waals surface area contributed by atoms with Crippen LogP contribution in [-0.4, -0.2) is 103 Å². The monoisotopic (exact) mass is 905 g/mol. The molecule has 0 radical (unpaired) electrons. The summed E-state index contributed by atoms with van der Waals surface area (Å²) in [6.07, 6.45) is 8.93. The van der Waals surface area contributed by atoms with E-state index in [4.69, 9.17) is 4.74 Å². The third-order valence-corrected chi connectivity index (χ3v) is 13.0. The predicted molar refractivity (Wildman–Crippen MR) is 226 cm³/mol. The number of carbonyl (C=O) groups is 6. The van der Waals surface area contributed by atoms with E-state index in [-0.39, 0.29) is 41.8 Å². The minimum Gasteiger partial charge on any atom is -0.493 e. The summed E-state index contributed by atoms with van der Waals surface area (Å²) in [4.78, 5) is 85.0. The van der Waals surface area contributed by atoms with Crippen LogP contribution in [0.4, 0.5) is 17.5 Å². The number of nitrogens with one attached hydrogen (secondary N) is 5. The average molecular weight is 907 g/mol. The fraction of sp³-hybridized carbons (Fsp3) is 0.463. The van der Waals surface area contributed by atoms with E-state index in [1.807, 2.05) is 22.5 Å². The number of nitrogens with zero attached hydrogens (tertiary/aromatic N) is 4. The van der Waals surface area contributed by atoms with Gasteiger partial charge in [0.25, 0.3) is 17.7 Å². The van der Waals surface area contributed by atoms with E-state index < -0.39 is 40.7 Å². The summed E-state index contributed by atoms with van der Waals surface area (Å²) in [5.41, 5.74) is 2.55. The Morgan fingerprint density at radius 2 is 1.70 bits per heavy atom. The second-order valence-corrected chi connectivity index (χ2v) is 17.5. The topological polar surface area (TPSA) is 221 Å². The van der Waals surface area contributed by atoms with E-state index in [1.165, 1.54) is 6.07 Å². The van der Waals surface area contributed by atoms with Gasteiger partial charge in [-0.2, -0.15) is 4.98 Å². The highest BCUT2D eigenvalue weighted by molar-refractivity contribution is 9.10. The molecule has 318 valence electrons. The highest BCUT2D eigenvalue weighted by Crippen LogP contribution is 2.34. The van der Waals surface area contributed by atoms with Crippen molar-refractivity contribution in [2.24, 2.45) is 0 Å². The van der Waals surface area contributed by atoms with E-state index in [1.54, 1.807) is 18.3 Å². The molecular formula is C41H48BrN9O8S. The molecule has 19 heteroatoms. The Balaban J connectivity index is 0.727. The zero-order valence-corrected chi connectivity index (χ0v) is 35.5. The first kappa shape index (κ1) is 42.8. The lowest BCUT2D eigenvalue weighted by Gasteiger charge is -2.31. The summed E-state index contributed by atoms with van der Waals surface area (Å²) >= 11 is 3.50. The zero-order chi connectivity index (χ0) is 42.2. The van der Waals surface area contributed by atoms with Crippen LogP contribution >= 0.6 is 15.9 Å². The van der Waals surface area contributed by atoms with Gasteiger partial charge in [-0.15, -0.1) is 0 Å². The number of benzene rings is 2. The molecule has 5 N–H and O–H groups in total. The molecule has 2 aromatic carbocycles. The summed E-state index contributed by atoms with van der Waals surface area (Å²) in [7, 11) is -1.21. The van der Waals surface area contributed by atoms with Crippen molar-refractivity contribution in [3.05, 3.63) is 69.3 Å². The summed E-state index contributed by atoms with van der Waals surface area (Å²) in [6.45, 7) is 2.47. The molecule has 5 heterocycles. The fourth-order valence-electron chi connectivity index (χ4n) is 7.80. The number of aromatic nitrogens is 2. The molecule has 17 nitrogen and oxygen atoms in total. The maximum absolute atomic E-state index is 13.2. The predicted octanol–water partition coefficient (Wildman–Crippen LogP) is 4.09. The number of ether oxygens (including phenoxy) is 1. The Labute approximate surface area is 358 Å². The van der Waals surface area contributed by atoms with Crippen LogP contribution in [0, 0.1) is 0 Å². The normalized spacial score (nSPS) is 18.4. The molecule has 2 unspecified atom stereocenters. The number of halogens is 1. The molecule has 0 spiro atoms. The highest BCUT2D eigenvalue weighted by atomic mass is 79.9. The molecular weight excluding hydrogens is 858 g/mol. The zero-order valence-electron chi connectivity index (χ0n) is 33.1. The molecule has 0 saturated carbocycles. The van der Waals surface area contributed by atoms with Gasteiger partial charge in [-0.05, 0) is 71.8 Å². The van der Waals surface area contributed by atoms with Crippen LogP contribution < -0.4 is 31.3 Å². The van der Waals surface area contributed by atoms with Crippen molar-refractivity contribution < 1.29 is 37.7 Å². The van der Waals surface area contributed by atoms with Gasteiger partial charge in [0.2, 0.25) is 23.7 Å². The van der Waals surface area contributed by atoms with Crippen molar-refractivity contribution >= 4 is 79.8 Å². The van der Waals surface area contributed by atoms with Crippen molar-refractivity contribution in [3.8, 4) is 5.75 Å². The lowest BCUT2D eigenvalue weighted by Crippen LogP contribution is -2.54. The van der Waals surface area contributed by atoms with Crippen LogP contribution in [0.3, 0.4) is 0 Å². The van der Waals surface area contributed by atoms with Crippen LogP contribution in [0.5, 0.6) is 5.75 Å². The molecule has 6 amide bonds. The first-order valence-corrected chi connectivity index (χ1v) is 22.5. The van der Waals surface area contributed by atoms with Gasteiger partial charge in [-0.3, -0.25) is 39.0 Å². The second-order valence-electron chi connectivity index (χ2n) is 15.1. The van der Waals surface area contributed by atoms with Gasteiger partial charge in [0.05, 0.1) is 50.2 Å². The van der Waals surface area contributed by atoms with Gasteiger partial charge in [-0.25, -0.2) is 13.5 Å².